The molecule has 0 bridgehead atoms. The van der Waals surface area contributed by atoms with Gasteiger partial charge in [0.05, 0.1) is 0 Å². The Labute approximate surface area is 299 Å². The van der Waals surface area contributed by atoms with E-state index in [1.54, 1.807) is 0 Å². The van der Waals surface area contributed by atoms with Crippen molar-refractivity contribution in [2.45, 2.75) is 99.9 Å². The molecule has 251 valence electrons. The summed E-state index contributed by atoms with van der Waals surface area (Å²) in [7, 11) is 17.3. The molecule has 0 aliphatic heterocycles. The molecule has 0 heterocycles. The first kappa shape index (κ1) is 35.9. The van der Waals surface area contributed by atoms with Crippen LogP contribution in [-0.2, 0) is 26.4 Å². The van der Waals surface area contributed by atoms with Crippen LogP contribution in [0.25, 0.3) is 33.9 Å². The van der Waals surface area contributed by atoms with Gasteiger partial charge in [0.25, 0.3) is 0 Å². The second-order valence-electron chi connectivity index (χ2n) is 16.9. The van der Waals surface area contributed by atoms with Crippen LogP contribution < -0.4 is 0 Å². The fraction of sp³-hybridized carbons (Fsp3) is 0.364. The number of halogens is 2. The van der Waals surface area contributed by atoms with Crippen molar-refractivity contribution >= 4 is 34.6 Å². The van der Waals surface area contributed by atoms with Gasteiger partial charge in [-0.25, -0.2) is 0 Å². The Morgan fingerprint density at radius 2 is 1.12 bits per heavy atom. The third-order valence-corrected chi connectivity index (χ3v) is 63.6. The van der Waals surface area contributed by atoms with E-state index in [0.29, 0.717) is 0 Å². The van der Waals surface area contributed by atoms with Gasteiger partial charge in [0.1, 0.15) is 0 Å². The van der Waals surface area contributed by atoms with Crippen LogP contribution in [0.2, 0.25) is 13.1 Å². The van der Waals surface area contributed by atoms with Crippen LogP contribution in [0, 0.1) is 0 Å². The number of hydrogen-bond acceptors (Lipinski definition) is 0. The minimum absolute atomic E-state index is 0.0882. The van der Waals surface area contributed by atoms with Crippen molar-refractivity contribution in [2.75, 3.05) is 0 Å². The van der Waals surface area contributed by atoms with Crippen molar-refractivity contribution in [1.82, 2.24) is 0 Å². The van der Waals surface area contributed by atoms with Gasteiger partial charge in [-0.1, -0.05) is 0 Å². The molecule has 4 aromatic rings. The molecule has 4 aromatic carbocycles. The second kappa shape index (κ2) is 12.4. The molecule has 2 aliphatic rings. The zero-order valence-corrected chi connectivity index (χ0v) is 36.0. The van der Waals surface area contributed by atoms with Crippen molar-refractivity contribution in [3.05, 3.63) is 129 Å². The van der Waals surface area contributed by atoms with Crippen molar-refractivity contribution in [3.63, 3.8) is 0 Å². The fourth-order valence-electron chi connectivity index (χ4n) is 8.80. The molecular weight excluding hydrogens is 719 g/mol. The van der Waals surface area contributed by atoms with Crippen LogP contribution in [0.4, 0.5) is 0 Å². The van der Waals surface area contributed by atoms with E-state index in [0.717, 1.165) is 6.42 Å². The van der Waals surface area contributed by atoms with Gasteiger partial charge in [0, 0.05) is 0 Å². The summed E-state index contributed by atoms with van der Waals surface area (Å²) in [5.74, 6) is -1.62. The standard InChI is InChI=1S/C22H25.C20H21.C2H7Si.2ClH.Zr/c1-6-16-14-18-8-7-9-20(21(18)15(16)2)17-10-12-19(13-11-17)22(3,4)5;1-14-12-16-6-5-7-18(19(16)13-14)15-8-10-17(11-9-15)20(2,3)4;1-3-2;;;/h7-14H,6H2,1-5H3;5-13H,1-4H3;3H,1-2H3;2*1H;/q;;;;;+2/p-2. The van der Waals surface area contributed by atoms with E-state index < -0.39 is 21.5 Å². The van der Waals surface area contributed by atoms with E-state index in [1.165, 1.54) is 72.4 Å². The second-order valence-corrected chi connectivity index (χ2v) is 59.4. The molecule has 48 heavy (non-hydrogen) atoms. The van der Waals surface area contributed by atoms with E-state index in [-0.39, 0.29) is 18.1 Å². The Kier molecular flexibility index (Phi) is 9.24. The van der Waals surface area contributed by atoms with Crippen molar-refractivity contribution < 1.29 is 15.6 Å². The number of fused-ring (bicyclic) bond motifs is 2. The van der Waals surface area contributed by atoms with Crippen molar-refractivity contribution in [3.8, 4) is 22.3 Å². The zero-order valence-electron chi connectivity index (χ0n) is 30.9. The number of hydrogen-bond donors (Lipinski definition) is 0. The van der Waals surface area contributed by atoms with Gasteiger partial charge in [0.15, 0.2) is 0 Å². The van der Waals surface area contributed by atoms with Crippen molar-refractivity contribution in [1.29, 1.82) is 0 Å². The molecule has 2 atom stereocenters. The Morgan fingerprint density at radius 1 is 0.646 bits per heavy atom. The summed E-state index contributed by atoms with van der Waals surface area (Å²) in [6.07, 6.45) is 3.38. The molecule has 2 aliphatic carbocycles. The van der Waals surface area contributed by atoms with Gasteiger partial charge in [-0.2, -0.15) is 0 Å². The van der Waals surface area contributed by atoms with Crippen LogP contribution >= 0.6 is 17.0 Å². The maximum atomic E-state index is 8.63. The first-order valence-corrected chi connectivity index (χ1v) is 34.1. The number of benzene rings is 4. The normalized spacial score (nSPS) is 18.9. The molecule has 0 radical (unpaired) electrons. The van der Waals surface area contributed by atoms with Crippen LogP contribution in [0.15, 0.2) is 96.1 Å². The molecule has 2 unspecified atom stereocenters. The van der Waals surface area contributed by atoms with Gasteiger partial charge < -0.3 is 0 Å². The molecule has 0 saturated carbocycles. The SMILES string of the molecule is CCC1=C(C)c2c(-c3ccc(C(C)(C)C)cc3)cccc2[CH]1[Zr]([Cl])([Cl])([CH]1C(C)=Cc2c(-c3ccc(C(C)(C)C)cc3)cccc21)[SiH](C)C. The van der Waals surface area contributed by atoms with Crippen LogP contribution in [-0.4, -0.2) is 5.92 Å². The molecule has 0 amide bonds. The average molecular weight is 772 g/mol. The molecule has 0 spiro atoms. The minimum atomic E-state index is -4.80. The maximum absolute atomic E-state index is 8.63. The Balaban J connectivity index is 1.52. The topological polar surface area (TPSA) is 0 Å². The molecule has 0 nitrogen and oxygen atoms in total. The van der Waals surface area contributed by atoms with Gasteiger partial charge in [-0.3, -0.25) is 0 Å². The first-order chi connectivity index (χ1) is 22.4. The summed E-state index contributed by atoms with van der Waals surface area (Å²) in [5.41, 5.74) is 17.6. The Bertz CT molecular complexity index is 1950. The molecule has 0 N–H and O–H groups in total. The quantitative estimate of drug-likeness (QED) is 0.171. The molecular formula is C44H53Cl2SiZr. The fourth-order valence-corrected chi connectivity index (χ4v) is 41.2. The van der Waals surface area contributed by atoms with Crippen LogP contribution in [0.1, 0.15) is 109 Å². The first-order valence-electron chi connectivity index (χ1n) is 17.8. The van der Waals surface area contributed by atoms with Crippen LogP contribution in [0.3, 0.4) is 0 Å². The van der Waals surface area contributed by atoms with Gasteiger partial charge in [-0.05, 0) is 0 Å². The molecule has 0 fully saturated rings. The van der Waals surface area contributed by atoms with Gasteiger partial charge in [-0.15, -0.1) is 0 Å². The Hall–Kier alpha value is -1.96. The summed E-state index contributed by atoms with van der Waals surface area (Å²) >= 11 is -4.80. The summed E-state index contributed by atoms with van der Waals surface area (Å²) in [5, 5.41) is 0. The average Bonchev–Trinajstić information content (AvgIpc) is 3.54. The Morgan fingerprint density at radius 3 is 1.60 bits per heavy atom. The van der Waals surface area contributed by atoms with Gasteiger partial charge >= 0.3 is 302 Å². The van der Waals surface area contributed by atoms with Gasteiger partial charge in [0.2, 0.25) is 0 Å². The summed E-state index contributed by atoms with van der Waals surface area (Å²) < 4.78 is 0.189. The summed E-state index contributed by atoms with van der Waals surface area (Å²) in [4.78, 5) is 0. The van der Waals surface area contributed by atoms with E-state index in [2.05, 4.69) is 166 Å². The van der Waals surface area contributed by atoms with E-state index in [9.17, 15) is 0 Å². The third-order valence-electron chi connectivity index (χ3n) is 11.6. The molecule has 6 rings (SSSR count). The van der Waals surface area contributed by atoms with E-state index in [1.807, 2.05) is 0 Å². The number of allylic oxidation sites excluding steroid dienone is 3. The molecule has 4 heteroatoms. The summed E-state index contributed by atoms with van der Waals surface area (Å²) in [6.45, 7) is 25.5. The zero-order chi connectivity index (χ0) is 35.0. The summed E-state index contributed by atoms with van der Waals surface area (Å²) in [6, 6.07) is 32.1. The monoisotopic (exact) mass is 769 g/mol. The van der Waals surface area contributed by atoms with Crippen LogP contribution in [0.5, 0.6) is 0 Å². The van der Waals surface area contributed by atoms with E-state index >= 15 is 0 Å². The third kappa shape index (κ3) is 5.66. The number of rotatable bonds is 6. The predicted molar refractivity (Wildman–Crippen MR) is 214 cm³/mol. The molecule has 0 saturated heterocycles. The molecule has 0 aromatic heterocycles. The van der Waals surface area contributed by atoms with Crippen molar-refractivity contribution in [2.24, 2.45) is 0 Å². The predicted octanol–water partition coefficient (Wildman–Crippen LogP) is 14.0. The van der Waals surface area contributed by atoms with E-state index in [4.69, 9.17) is 17.0 Å².